The lowest BCUT2D eigenvalue weighted by Gasteiger charge is -2.06. The maximum absolute atomic E-state index is 12.3. The predicted molar refractivity (Wildman–Crippen MR) is 111 cm³/mol. The third kappa shape index (κ3) is 4.56. The van der Waals surface area contributed by atoms with Crippen molar-refractivity contribution in [3.05, 3.63) is 94.4 Å². The second-order valence-electron chi connectivity index (χ2n) is 6.18. The van der Waals surface area contributed by atoms with E-state index in [1.807, 2.05) is 47.8 Å². The number of hydrogen-bond donors (Lipinski definition) is 2. The van der Waals surface area contributed by atoms with Crippen molar-refractivity contribution in [1.82, 2.24) is 20.3 Å². The minimum absolute atomic E-state index is 0.199. The van der Waals surface area contributed by atoms with Gasteiger partial charge in [0.2, 0.25) is 0 Å². The summed E-state index contributed by atoms with van der Waals surface area (Å²) in [7, 11) is 0. The van der Waals surface area contributed by atoms with Crippen LogP contribution in [0.1, 0.15) is 25.7 Å². The van der Waals surface area contributed by atoms with Crippen LogP contribution >= 0.6 is 11.3 Å². The van der Waals surface area contributed by atoms with Gasteiger partial charge in [0.1, 0.15) is 0 Å². The number of nitrogens with one attached hydrogen (secondary N) is 2. The Hall–Kier alpha value is -3.78. The van der Waals surface area contributed by atoms with Crippen molar-refractivity contribution >= 4 is 28.8 Å². The topological polar surface area (TPSA) is 88.9 Å². The average molecular weight is 403 g/mol. The number of amides is 2. The van der Waals surface area contributed by atoms with Crippen LogP contribution in [0.15, 0.2) is 78.3 Å². The minimum atomic E-state index is -0.288. The number of nitrogens with zero attached hydrogens (tertiary/aromatic N) is 3. The molecule has 0 saturated heterocycles. The molecule has 0 spiro atoms. The maximum atomic E-state index is 12.3. The second kappa shape index (κ2) is 8.49. The molecule has 7 nitrogen and oxygen atoms in total. The van der Waals surface area contributed by atoms with Crippen LogP contribution in [-0.4, -0.2) is 26.8 Å². The molecule has 144 valence electrons. The summed E-state index contributed by atoms with van der Waals surface area (Å²) in [6.07, 6.45) is 1.56. The fraction of sp³-hybridized carbons (Fsp3) is 0.0476. The number of benzene rings is 2. The number of rotatable bonds is 6. The molecular formula is C21H17N5O2S. The standard InChI is InChI=1S/C21H17N5O2S/c27-20(23-16-5-2-1-3-6-16)15-8-10-17(11-9-15)26-14-19(24-25-26)21(28)22-13-18-7-4-12-29-18/h1-12,14H,13H2,(H,22,28)(H,23,27). The molecule has 0 unspecified atom stereocenters. The highest BCUT2D eigenvalue weighted by molar-refractivity contribution is 7.09. The van der Waals surface area contributed by atoms with Crippen molar-refractivity contribution in [3.8, 4) is 5.69 Å². The molecule has 4 aromatic rings. The maximum Gasteiger partial charge on any atom is 0.273 e. The third-order valence-corrected chi connectivity index (χ3v) is 5.03. The number of aromatic nitrogens is 3. The highest BCUT2D eigenvalue weighted by atomic mass is 32.1. The molecule has 0 saturated carbocycles. The van der Waals surface area contributed by atoms with Crippen molar-refractivity contribution in [2.45, 2.75) is 6.54 Å². The van der Waals surface area contributed by atoms with Gasteiger partial charge in [-0.05, 0) is 47.8 Å². The number of para-hydroxylation sites is 1. The summed E-state index contributed by atoms with van der Waals surface area (Å²) in [6.45, 7) is 0.453. The van der Waals surface area contributed by atoms with Crippen molar-refractivity contribution in [1.29, 1.82) is 0 Å². The first-order chi connectivity index (χ1) is 14.2. The summed E-state index contributed by atoms with van der Waals surface area (Å²) in [4.78, 5) is 25.6. The van der Waals surface area contributed by atoms with E-state index in [2.05, 4.69) is 20.9 Å². The molecule has 0 bridgehead atoms. The van der Waals surface area contributed by atoms with Crippen LogP contribution in [0.4, 0.5) is 5.69 Å². The lowest BCUT2D eigenvalue weighted by Crippen LogP contribution is -2.22. The summed E-state index contributed by atoms with van der Waals surface area (Å²) in [6, 6.07) is 20.1. The van der Waals surface area contributed by atoms with E-state index in [-0.39, 0.29) is 17.5 Å². The Morgan fingerprint density at radius 3 is 2.45 bits per heavy atom. The zero-order valence-electron chi connectivity index (χ0n) is 15.3. The first-order valence-electron chi connectivity index (χ1n) is 8.89. The van der Waals surface area contributed by atoms with E-state index in [1.54, 1.807) is 41.8 Å². The van der Waals surface area contributed by atoms with E-state index in [9.17, 15) is 9.59 Å². The number of thiophene rings is 1. The number of carbonyl (C=O) groups is 2. The van der Waals surface area contributed by atoms with Gasteiger partial charge >= 0.3 is 0 Å². The normalized spacial score (nSPS) is 10.5. The first-order valence-corrected chi connectivity index (χ1v) is 9.77. The van der Waals surface area contributed by atoms with E-state index in [0.717, 1.165) is 10.6 Å². The third-order valence-electron chi connectivity index (χ3n) is 4.15. The average Bonchev–Trinajstić information content (AvgIpc) is 3.45. The van der Waals surface area contributed by atoms with Crippen LogP contribution < -0.4 is 10.6 Å². The largest absolute Gasteiger partial charge is 0.346 e. The van der Waals surface area contributed by atoms with E-state index < -0.39 is 0 Å². The van der Waals surface area contributed by atoms with E-state index in [4.69, 9.17) is 0 Å². The lowest BCUT2D eigenvalue weighted by atomic mass is 10.2. The highest BCUT2D eigenvalue weighted by Crippen LogP contribution is 2.13. The van der Waals surface area contributed by atoms with Crippen molar-refractivity contribution in [2.24, 2.45) is 0 Å². The molecule has 2 aromatic heterocycles. The summed E-state index contributed by atoms with van der Waals surface area (Å²) in [5.74, 6) is -0.488. The molecule has 8 heteroatoms. The summed E-state index contributed by atoms with van der Waals surface area (Å²) < 4.78 is 1.50. The molecule has 0 radical (unpaired) electrons. The molecule has 2 aromatic carbocycles. The van der Waals surface area contributed by atoms with Crippen LogP contribution in [0.3, 0.4) is 0 Å². The molecule has 29 heavy (non-hydrogen) atoms. The molecule has 2 heterocycles. The van der Waals surface area contributed by atoms with Gasteiger partial charge < -0.3 is 10.6 Å². The fourth-order valence-corrected chi connectivity index (χ4v) is 3.30. The van der Waals surface area contributed by atoms with Gasteiger partial charge in [0, 0.05) is 16.1 Å². The Morgan fingerprint density at radius 2 is 1.72 bits per heavy atom. The Bertz CT molecular complexity index is 1110. The highest BCUT2D eigenvalue weighted by Gasteiger charge is 2.12. The van der Waals surface area contributed by atoms with Gasteiger partial charge in [-0.2, -0.15) is 0 Å². The molecule has 0 aliphatic heterocycles. The molecular weight excluding hydrogens is 386 g/mol. The van der Waals surface area contributed by atoms with Crippen molar-refractivity contribution in [3.63, 3.8) is 0 Å². The van der Waals surface area contributed by atoms with Gasteiger partial charge in [-0.15, -0.1) is 16.4 Å². The monoisotopic (exact) mass is 403 g/mol. The Balaban J connectivity index is 1.40. The van der Waals surface area contributed by atoms with E-state index in [0.29, 0.717) is 17.8 Å². The molecule has 2 amide bonds. The second-order valence-corrected chi connectivity index (χ2v) is 7.21. The fourth-order valence-electron chi connectivity index (χ4n) is 2.66. The van der Waals surface area contributed by atoms with Gasteiger partial charge in [0.15, 0.2) is 5.69 Å². The quantitative estimate of drug-likeness (QED) is 0.516. The van der Waals surface area contributed by atoms with Gasteiger partial charge in [-0.3, -0.25) is 9.59 Å². The minimum Gasteiger partial charge on any atom is -0.346 e. The van der Waals surface area contributed by atoms with Crippen LogP contribution in [0.5, 0.6) is 0 Å². The van der Waals surface area contributed by atoms with Crippen LogP contribution in [0, 0.1) is 0 Å². The Labute approximate surface area is 171 Å². The summed E-state index contributed by atoms with van der Waals surface area (Å²) in [5.41, 5.74) is 2.18. The lowest BCUT2D eigenvalue weighted by molar-refractivity contribution is 0.0945. The Morgan fingerprint density at radius 1 is 0.931 bits per heavy atom. The molecule has 2 N–H and O–H groups in total. The van der Waals surface area contributed by atoms with Crippen LogP contribution in [-0.2, 0) is 6.54 Å². The van der Waals surface area contributed by atoms with Gasteiger partial charge in [0.25, 0.3) is 11.8 Å². The first kappa shape index (κ1) is 18.6. The van der Waals surface area contributed by atoms with Crippen LogP contribution in [0.2, 0.25) is 0 Å². The zero-order valence-corrected chi connectivity index (χ0v) is 16.1. The predicted octanol–water partition coefficient (Wildman–Crippen LogP) is 3.51. The Kier molecular flexibility index (Phi) is 5.44. The molecule has 4 rings (SSSR count). The summed E-state index contributed by atoms with van der Waals surface area (Å²) in [5, 5.41) is 15.5. The number of anilines is 1. The van der Waals surface area contributed by atoms with Gasteiger partial charge in [-0.25, -0.2) is 4.68 Å². The number of hydrogen-bond acceptors (Lipinski definition) is 5. The molecule has 0 aliphatic rings. The van der Waals surface area contributed by atoms with Gasteiger partial charge in [0.05, 0.1) is 18.4 Å². The number of carbonyl (C=O) groups excluding carboxylic acids is 2. The van der Waals surface area contributed by atoms with Crippen LogP contribution in [0.25, 0.3) is 5.69 Å². The van der Waals surface area contributed by atoms with E-state index in [1.165, 1.54) is 4.68 Å². The summed E-state index contributed by atoms with van der Waals surface area (Å²) >= 11 is 1.58. The van der Waals surface area contributed by atoms with Gasteiger partial charge in [-0.1, -0.05) is 29.5 Å². The smallest absolute Gasteiger partial charge is 0.273 e. The zero-order chi connectivity index (χ0) is 20.1. The van der Waals surface area contributed by atoms with Crippen molar-refractivity contribution < 1.29 is 9.59 Å². The van der Waals surface area contributed by atoms with E-state index >= 15 is 0 Å². The van der Waals surface area contributed by atoms with Crippen molar-refractivity contribution in [2.75, 3.05) is 5.32 Å². The SMILES string of the molecule is O=C(Nc1ccccc1)c1ccc(-n2cc(C(=O)NCc3cccs3)nn2)cc1. The molecule has 0 fully saturated rings. The molecule has 0 aliphatic carbocycles. The molecule has 0 atom stereocenters.